The zero-order valence-electron chi connectivity index (χ0n) is 15.9. The second kappa shape index (κ2) is 10.6. The molecular weight excluding hydrogens is 447 g/mol. The molecule has 3 atom stereocenters. The van der Waals surface area contributed by atoms with Crippen molar-refractivity contribution in [2.24, 2.45) is 10.9 Å². The molecule has 3 rings (SSSR count). The van der Waals surface area contributed by atoms with E-state index >= 15 is 0 Å². The molecule has 3 aliphatic heterocycles. The summed E-state index contributed by atoms with van der Waals surface area (Å²) in [5, 5.41) is 4.20. The Morgan fingerprint density at radius 3 is 2.92 bits per heavy atom. The fourth-order valence-electron chi connectivity index (χ4n) is 3.88. The molecule has 1 N–H and O–H groups in total. The van der Waals surface area contributed by atoms with Crippen LogP contribution in [-0.2, 0) is 4.74 Å². The molecule has 0 aromatic rings. The molecule has 3 fully saturated rings. The molecule has 0 aromatic carbocycles. The SMILES string of the molecule is CCNC(=NCC1CN2CCCC2CO1)N1CCSC(C(C)C)C1.I. The summed E-state index contributed by atoms with van der Waals surface area (Å²) >= 11 is 2.11. The summed E-state index contributed by atoms with van der Waals surface area (Å²) in [4.78, 5) is 9.99. The van der Waals surface area contributed by atoms with Crippen LogP contribution < -0.4 is 5.32 Å². The summed E-state index contributed by atoms with van der Waals surface area (Å²) < 4.78 is 6.07. The summed E-state index contributed by atoms with van der Waals surface area (Å²) in [5.41, 5.74) is 0. The number of rotatable bonds is 4. The van der Waals surface area contributed by atoms with Crippen molar-refractivity contribution in [2.45, 2.75) is 51.0 Å². The first kappa shape index (κ1) is 21.6. The van der Waals surface area contributed by atoms with Gasteiger partial charge in [-0.15, -0.1) is 24.0 Å². The number of hydrogen-bond donors (Lipinski definition) is 1. The number of morpholine rings is 1. The van der Waals surface area contributed by atoms with Crippen molar-refractivity contribution in [3.05, 3.63) is 0 Å². The van der Waals surface area contributed by atoms with Crippen molar-refractivity contribution in [2.75, 3.05) is 51.6 Å². The van der Waals surface area contributed by atoms with E-state index in [1.54, 1.807) is 0 Å². The average Bonchev–Trinajstić information content (AvgIpc) is 3.06. The Labute approximate surface area is 174 Å². The van der Waals surface area contributed by atoms with Crippen molar-refractivity contribution in [1.29, 1.82) is 0 Å². The maximum absolute atomic E-state index is 6.07. The Morgan fingerprint density at radius 1 is 1.32 bits per heavy atom. The molecule has 3 aliphatic rings. The third-order valence-electron chi connectivity index (χ3n) is 5.38. The van der Waals surface area contributed by atoms with Crippen molar-refractivity contribution in [3.8, 4) is 0 Å². The number of nitrogens with zero attached hydrogens (tertiary/aromatic N) is 3. The van der Waals surface area contributed by atoms with E-state index in [-0.39, 0.29) is 30.1 Å². The van der Waals surface area contributed by atoms with Crippen LogP contribution in [-0.4, -0.2) is 84.8 Å². The van der Waals surface area contributed by atoms with Crippen LogP contribution in [0.5, 0.6) is 0 Å². The van der Waals surface area contributed by atoms with Crippen molar-refractivity contribution in [3.63, 3.8) is 0 Å². The monoisotopic (exact) mass is 482 g/mol. The van der Waals surface area contributed by atoms with Gasteiger partial charge in [0.2, 0.25) is 0 Å². The Kier molecular flexibility index (Phi) is 9.11. The molecule has 146 valence electrons. The minimum atomic E-state index is 0. The highest BCUT2D eigenvalue weighted by atomic mass is 127. The van der Waals surface area contributed by atoms with Gasteiger partial charge in [0.25, 0.3) is 0 Å². The second-order valence-corrected chi connectivity index (χ2v) is 8.89. The van der Waals surface area contributed by atoms with Gasteiger partial charge in [-0.3, -0.25) is 9.89 Å². The molecule has 0 bridgehead atoms. The van der Waals surface area contributed by atoms with Gasteiger partial charge in [0.05, 0.1) is 19.3 Å². The number of ether oxygens (including phenoxy) is 1. The molecule has 0 aliphatic carbocycles. The molecule has 0 aromatic heterocycles. The van der Waals surface area contributed by atoms with Gasteiger partial charge in [0, 0.05) is 43.2 Å². The molecule has 5 nitrogen and oxygen atoms in total. The Bertz CT molecular complexity index is 437. The average molecular weight is 482 g/mol. The number of aliphatic imine (C=N–C) groups is 1. The maximum atomic E-state index is 6.07. The largest absolute Gasteiger partial charge is 0.373 e. The van der Waals surface area contributed by atoms with E-state index in [0.717, 1.165) is 51.2 Å². The Hall–Kier alpha value is 0.270. The summed E-state index contributed by atoms with van der Waals surface area (Å²) in [5.74, 6) is 2.99. The predicted molar refractivity (Wildman–Crippen MR) is 118 cm³/mol. The normalized spacial score (nSPS) is 31.0. The zero-order valence-corrected chi connectivity index (χ0v) is 19.1. The van der Waals surface area contributed by atoms with Crippen LogP contribution in [0.4, 0.5) is 0 Å². The van der Waals surface area contributed by atoms with Gasteiger partial charge in [-0.25, -0.2) is 0 Å². The number of thioether (sulfide) groups is 1. The van der Waals surface area contributed by atoms with Gasteiger partial charge in [-0.2, -0.15) is 11.8 Å². The van der Waals surface area contributed by atoms with E-state index < -0.39 is 0 Å². The summed E-state index contributed by atoms with van der Waals surface area (Å²) in [6.45, 7) is 13.9. The third-order valence-corrected chi connectivity index (χ3v) is 6.92. The molecule has 25 heavy (non-hydrogen) atoms. The molecule has 7 heteroatoms. The summed E-state index contributed by atoms with van der Waals surface area (Å²) in [6.07, 6.45) is 2.89. The molecule has 0 radical (unpaired) electrons. The predicted octanol–water partition coefficient (Wildman–Crippen LogP) is 2.51. The first-order valence-electron chi connectivity index (χ1n) is 9.68. The number of fused-ring (bicyclic) bond motifs is 1. The smallest absolute Gasteiger partial charge is 0.194 e. The van der Waals surface area contributed by atoms with Crippen LogP contribution >= 0.6 is 35.7 Å². The van der Waals surface area contributed by atoms with Gasteiger partial charge in [0.15, 0.2) is 5.96 Å². The Morgan fingerprint density at radius 2 is 2.16 bits per heavy atom. The molecule has 0 amide bonds. The highest BCUT2D eigenvalue weighted by Crippen LogP contribution is 2.25. The minimum Gasteiger partial charge on any atom is -0.373 e. The second-order valence-electron chi connectivity index (χ2n) is 7.54. The first-order chi connectivity index (χ1) is 11.7. The van der Waals surface area contributed by atoms with Crippen molar-refractivity contribution >= 4 is 41.7 Å². The zero-order chi connectivity index (χ0) is 16.9. The number of hydrogen-bond acceptors (Lipinski definition) is 4. The van der Waals surface area contributed by atoms with Crippen LogP contribution in [0.3, 0.4) is 0 Å². The van der Waals surface area contributed by atoms with E-state index in [1.165, 1.54) is 25.1 Å². The first-order valence-corrected chi connectivity index (χ1v) is 10.7. The molecule has 3 heterocycles. The van der Waals surface area contributed by atoms with Crippen LogP contribution in [0, 0.1) is 5.92 Å². The maximum Gasteiger partial charge on any atom is 0.194 e. The number of guanidine groups is 1. The lowest BCUT2D eigenvalue weighted by atomic mass is 10.1. The lowest BCUT2D eigenvalue weighted by Crippen LogP contribution is -2.50. The Balaban J connectivity index is 0.00000225. The lowest BCUT2D eigenvalue weighted by Gasteiger charge is -2.37. The van der Waals surface area contributed by atoms with Crippen LogP contribution in [0.15, 0.2) is 4.99 Å². The van der Waals surface area contributed by atoms with Crippen molar-refractivity contribution in [1.82, 2.24) is 15.1 Å². The molecule has 3 saturated heterocycles. The van der Waals surface area contributed by atoms with Crippen LogP contribution in [0.1, 0.15) is 33.6 Å². The van der Waals surface area contributed by atoms with E-state index in [4.69, 9.17) is 9.73 Å². The fourth-order valence-corrected chi connectivity index (χ4v) is 5.18. The van der Waals surface area contributed by atoms with E-state index in [9.17, 15) is 0 Å². The third kappa shape index (κ3) is 5.87. The van der Waals surface area contributed by atoms with E-state index in [2.05, 4.69) is 47.6 Å². The molecular formula is C18H35IN4OS. The van der Waals surface area contributed by atoms with Crippen LogP contribution in [0.2, 0.25) is 0 Å². The van der Waals surface area contributed by atoms with Gasteiger partial charge in [0.1, 0.15) is 0 Å². The summed E-state index contributed by atoms with van der Waals surface area (Å²) in [6, 6.07) is 0.671. The standard InChI is InChI=1S/C18H34N4OS.HI/c1-4-19-18(22-8-9-24-17(12-22)14(2)3)20-10-16-11-21-7-5-6-15(21)13-23-16;/h14-17H,4-13H2,1-3H3,(H,19,20);1H. The highest BCUT2D eigenvalue weighted by Gasteiger charge is 2.32. The molecule has 0 saturated carbocycles. The van der Waals surface area contributed by atoms with Crippen LogP contribution in [0.25, 0.3) is 0 Å². The summed E-state index contributed by atoms with van der Waals surface area (Å²) in [7, 11) is 0. The van der Waals surface area contributed by atoms with Gasteiger partial charge in [-0.05, 0) is 32.2 Å². The fraction of sp³-hybridized carbons (Fsp3) is 0.944. The minimum absolute atomic E-state index is 0. The highest BCUT2D eigenvalue weighted by molar-refractivity contribution is 14.0. The topological polar surface area (TPSA) is 40.1 Å². The quantitative estimate of drug-likeness (QED) is 0.379. The van der Waals surface area contributed by atoms with Gasteiger partial charge in [-0.1, -0.05) is 13.8 Å². The van der Waals surface area contributed by atoms with E-state index in [1.807, 2.05) is 0 Å². The molecule has 3 unspecified atom stereocenters. The van der Waals surface area contributed by atoms with E-state index in [0.29, 0.717) is 11.3 Å². The number of nitrogens with one attached hydrogen (secondary N) is 1. The number of halogens is 1. The van der Waals surface area contributed by atoms with Gasteiger partial charge < -0.3 is 15.0 Å². The lowest BCUT2D eigenvalue weighted by molar-refractivity contribution is -0.0432. The van der Waals surface area contributed by atoms with Crippen molar-refractivity contribution < 1.29 is 4.74 Å². The molecule has 0 spiro atoms. The van der Waals surface area contributed by atoms with Gasteiger partial charge >= 0.3 is 0 Å².